The van der Waals surface area contributed by atoms with E-state index >= 15 is 0 Å². The van der Waals surface area contributed by atoms with Gasteiger partial charge in [-0.15, -0.1) is 11.3 Å². The second-order valence-corrected chi connectivity index (χ2v) is 8.81. The van der Waals surface area contributed by atoms with E-state index in [9.17, 15) is 4.79 Å². The second-order valence-electron chi connectivity index (χ2n) is 7.51. The van der Waals surface area contributed by atoms with Crippen molar-refractivity contribution in [3.05, 3.63) is 94.0 Å². The van der Waals surface area contributed by atoms with Gasteiger partial charge in [-0.05, 0) is 42.8 Å². The number of benzene rings is 2. The Morgan fingerprint density at radius 1 is 1.15 bits per heavy atom. The Morgan fingerprint density at radius 3 is 2.70 bits per heavy atom. The summed E-state index contributed by atoms with van der Waals surface area (Å²) in [7, 11) is 1.62. The molecule has 0 N–H and O–H groups in total. The summed E-state index contributed by atoms with van der Waals surface area (Å²) in [6.45, 7) is 2.58. The molecular weight excluding hydrogens is 456 g/mol. The molecular formula is C25H19ClN4O2S. The smallest absolute Gasteiger partial charge is 0.214 e. The van der Waals surface area contributed by atoms with Crippen LogP contribution in [0, 0.1) is 6.92 Å². The van der Waals surface area contributed by atoms with Gasteiger partial charge in [0.1, 0.15) is 22.1 Å². The average Bonchev–Trinajstić information content (AvgIpc) is 3.44. The van der Waals surface area contributed by atoms with Crippen LogP contribution in [-0.4, -0.2) is 32.4 Å². The van der Waals surface area contributed by atoms with Crippen molar-refractivity contribution in [3.63, 3.8) is 0 Å². The van der Waals surface area contributed by atoms with E-state index in [4.69, 9.17) is 16.3 Å². The van der Waals surface area contributed by atoms with E-state index in [-0.39, 0.29) is 5.78 Å². The molecule has 6 nitrogen and oxygen atoms in total. The number of carbonyl (C=O) groups excluding carboxylic acids is 1. The maximum Gasteiger partial charge on any atom is 0.214 e. The van der Waals surface area contributed by atoms with Gasteiger partial charge < -0.3 is 9.30 Å². The number of carbonyl (C=O) groups is 1. The van der Waals surface area contributed by atoms with Crippen molar-refractivity contribution >= 4 is 39.6 Å². The van der Waals surface area contributed by atoms with Crippen LogP contribution in [0.1, 0.15) is 27.3 Å². The highest BCUT2D eigenvalue weighted by atomic mass is 35.5. The number of fused-ring (bicyclic) bond motifs is 1. The Hall–Kier alpha value is -3.55. The third-order valence-corrected chi connectivity index (χ3v) is 6.65. The molecule has 0 atom stereocenters. The van der Waals surface area contributed by atoms with Gasteiger partial charge in [-0.1, -0.05) is 23.7 Å². The first-order chi connectivity index (χ1) is 16.0. The number of methoxy groups -OCH3 is 1. The van der Waals surface area contributed by atoms with Crippen LogP contribution in [0.4, 0.5) is 0 Å². The number of aromatic nitrogens is 4. The zero-order valence-electron chi connectivity index (χ0n) is 17.9. The van der Waals surface area contributed by atoms with Gasteiger partial charge in [0.2, 0.25) is 5.78 Å². The van der Waals surface area contributed by atoms with Crippen LogP contribution in [0.5, 0.6) is 5.75 Å². The molecule has 0 saturated carbocycles. The van der Waals surface area contributed by atoms with Gasteiger partial charge in [-0.25, -0.2) is 4.98 Å². The molecule has 5 rings (SSSR count). The van der Waals surface area contributed by atoms with Crippen molar-refractivity contribution in [1.29, 1.82) is 0 Å². The summed E-state index contributed by atoms with van der Waals surface area (Å²) in [4.78, 5) is 26.6. The number of hydrogen-bond acceptors (Lipinski definition) is 6. The molecule has 0 aliphatic carbocycles. The van der Waals surface area contributed by atoms with Crippen LogP contribution in [0.15, 0.2) is 66.4 Å². The highest BCUT2D eigenvalue weighted by molar-refractivity contribution is 7.13. The fraction of sp³-hybridized carbons (Fsp3) is 0.120. The maximum absolute atomic E-state index is 13.7. The zero-order valence-corrected chi connectivity index (χ0v) is 19.5. The topological polar surface area (TPSA) is 69.9 Å². The first-order valence-electron chi connectivity index (χ1n) is 10.2. The molecule has 5 aromatic rings. The predicted octanol–water partition coefficient (Wildman–Crippen LogP) is 5.80. The number of ketones is 1. The van der Waals surface area contributed by atoms with Gasteiger partial charge in [-0.3, -0.25) is 14.8 Å². The molecule has 164 valence electrons. The summed E-state index contributed by atoms with van der Waals surface area (Å²) in [5.41, 5.74) is 4.56. The summed E-state index contributed by atoms with van der Waals surface area (Å²) in [5.74, 6) is 0.561. The van der Waals surface area contributed by atoms with Crippen LogP contribution in [0.3, 0.4) is 0 Å². The van der Waals surface area contributed by atoms with Crippen molar-refractivity contribution in [2.45, 2.75) is 13.5 Å². The Bertz CT molecular complexity index is 1460. The molecule has 0 unspecified atom stereocenters. The van der Waals surface area contributed by atoms with E-state index < -0.39 is 0 Å². The van der Waals surface area contributed by atoms with Crippen LogP contribution in [0.2, 0.25) is 5.02 Å². The molecule has 3 heterocycles. The molecule has 8 heteroatoms. The number of hydrogen-bond donors (Lipinski definition) is 0. The summed E-state index contributed by atoms with van der Waals surface area (Å²) in [5, 5.41) is 3.95. The van der Waals surface area contributed by atoms with Crippen molar-refractivity contribution in [2.24, 2.45) is 0 Å². The van der Waals surface area contributed by atoms with Gasteiger partial charge in [0.15, 0.2) is 0 Å². The first kappa shape index (κ1) is 21.3. The molecule has 2 aromatic carbocycles. The SMILES string of the molecule is COc1ccc2c(c1)c(C(=O)c1csc(-c3cnccn3)n1)c(C)n2Cc1ccc(Cl)cc1. The Balaban J connectivity index is 1.61. The maximum atomic E-state index is 13.7. The average molecular weight is 475 g/mol. The number of rotatable bonds is 6. The molecule has 0 fully saturated rings. The van der Waals surface area contributed by atoms with Crippen LogP contribution in [0.25, 0.3) is 21.6 Å². The van der Waals surface area contributed by atoms with Crippen molar-refractivity contribution in [2.75, 3.05) is 7.11 Å². The standard InChI is InChI=1S/C25H19ClN4O2S/c1-15-23(24(31)21-14-33-25(29-21)20-12-27-9-10-28-20)19-11-18(32-2)7-8-22(19)30(15)13-16-3-5-17(26)6-4-16/h3-12,14H,13H2,1-2H3. The Kier molecular flexibility index (Phi) is 5.66. The highest BCUT2D eigenvalue weighted by Crippen LogP contribution is 2.33. The lowest BCUT2D eigenvalue weighted by Gasteiger charge is -2.09. The zero-order chi connectivity index (χ0) is 22.9. The third-order valence-electron chi connectivity index (χ3n) is 5.53. The van der Waals surface area contributed by atoms with Gasteiger partial charge in [0.05, 0.1) is 18.9 Å². The monoisotopic (exact) mass is 474 g/mol. The van der Waals surface area contributed by atoms with Crippen molar-refractivity contribution in [1.82, 2.24) is 19.5 Å². The van der Waals surface area contributed by atoms with E-state index in [1.165, 1.54) is 11.3 Å². The quantitative estimate of drug-likeness (QED) is 0.291. The minimum Gasteiger partial charge on any atom is -0.497 e. The molecule has 0 radical (unpaired) electrons. The molecule has 33 heavy (non-hydrogen) atoms. The summed E-state index contributed by atoms with van der Waals surface area (Å²) >= 11 is 7.43. The van der Waals surface area contributed by atoms with Gasteiger partial charge in [0, 0.05) is 45.9 Å². The third kappa shape index (κ3) is 4.01. The van der Waals surface area contributed by atoms with E-state index in [1.54, 1.807) is 31.1 Å². The van der Waals surface area contributed by atoms with E-state index in [1.807, 2.05) is 49.4 Å². The molecule has 0 spiro atoms. The molecule has 0 amide bonds. The summed E-state index contributed by atoms with van der Waals surface area (Å²) in [6, 6.07) is 13.5. The second kappa shape index (κ2) is 8.77. The Labute approximate surface area is 199 Å². The fourth-order valence-electron chi connectivity index (χ4n) is 3.88. The van der Waals surface area contributed by atoms with E-state index in [0.29, 0.717) is 39.3 Å². The molecule has 0 aliphatic heterocycles. The summed E-state index contributed by atoms with van der Waals surface area (Å²) in [6.07, 6.45) is 4.86. The molecule has 0 bridgehead atoms. The minimum absolute atomic E-state index is 0.132. The fourth-order valence-corrected chi connectivity index (χ4v) is 4.77. The van der Waals surface area contributed by atoms with Crippen LogP contribution in [-0.2, 0) is 6.54 Å². The van der Waals surface area contributed by atoms with Crippen molar-refractivity contribution in [3.8, 4) is 16.5 Å². The predicted molar refractivity (Wildman–Crippen MR) is 130 cm³/mol. The Morgan fingerprint density at radius 2 is 1.97 bits per heavy atom. The lowest BCUT2D eigenvalue weighted by atomic mass is 10.0. The van der Waals surface area contributed by atoms with Crippen molar-refractivity contribution < 1.29 is 9.53 Å². The number of ether oxygens (including phenoxy) is 1. The lowest BCUT2D eigenvalue weighted by molar-refractivity contribution is 0.103. The molecule has 3 aromatic heterocycles. The lowest BCUT2D eigenvalue weighted by Crippen LogP contribution is -2.06. The first-order valence-corrected chi connectivity index (χ1v) is 11.5. The largest absolute Gasteiger partial charge is 0.497 e. The normalized spacial score (nSPS) is 11.1. The highest BCUT2D eigenvalue weighted by Gasteiger charge is 2.24. The summed E-state index contributed by atoms with van der Waals surface area (Å²) < 4.78 is 7.58. The number of thiazole rings is 1. The number of halogens is 1. The molecule has 0 aliphatic rings. The van der Waals surface area contributed by atoms with Gasteiger partial charge in [0.25, 0.3) is 0 Å². The number of nitrogens with zero attached hydrogens (tertiary/aromatic N) is 4. The van der Waals surface area contributed by atoms with E-state index in [0.717, 1.165) is 22.2 Å². The molecule has 0 saturated heterocycles. The van der Waals surface area contributed by atoms with Gasteiger partial charge in [-0.2, -0.15) is 0 Å². The minimum atomic E-state index is -0.132. The van der Waals surface area contributed by atoms with Crippen LogP contribution < -0.4 is 4.74 Å². The van der Waals surface area contributed by atoms with E-state index in [2.05, 4.69) is 19.5 Å². The van der Waals surface area contributed by atoms with Gasteiger partial charge >= 0.3 is 0 Å². The van der Waals surface area contributed by atoms with Crippen LogP contribution >= 0.6 is 22.9 Å².